The van der Waals surface area contributed by atoms with E-state index in [0.717, 1.165) is 34.2 Å². The van der Waals surface area contributed by atoms with Crippen LogP contribution in [0.25, 0.3) is 6.08 Å². The number of halogens is 1. The van der Waals surface area contributed by atoms with Crippen molar-refractivity contribution < 1.29 is 9.18 Å². The van der Waals surface area contributed by atoms with Crippen LogP contribution >= 0.6 is 0 Å². The Morgan fingerprint density at radius 2 is 1.78 bits per heavy atom. The molecular weight excluding hydrogens is 465 g/mol. The Bertz CT molecular complexity index is 1470. The molecule has 2 aromatic heterocycles. The molecule has 0 aliphatic rings. The molecule has 188 valence electrons. The first-order chi connectivity index (χ1) is 18.0. The molecule has 1 N–H and O–H groups in total. The Kier molecular flexibility index (Phi) is 8.41. The van der Waals surface area contributed by atoms with Crippen LogP contribution in [0.15, 0.2) is 90.1 Å². The molecule has 2 heterocycles. The van der Waals surface area contributed by atoms with E-state index in [2.05, 4.69) is 10.3 Å². The highest BCUT2D eigenvalue weighted by atomic mass is 19.1. The zero-order valence-corrected chi connectivity index (χ0v) is 21.1. The van der Waals surface area contributed by atoms with Gasteiger partial charge in [0.1, 0.15) is 5.82 Å². The molecule has 6 heteroatoms. The summed E-state index contributed by atoms with van der Waals surface area (Å²) in [4.78, 5) is 29.0. The summed E-state index contributed by atoms with van der Waals surface area (Å²) in [5, 5.41) is 2.82. The lowest BCUT2D eigenvalue weighted by Gasteiger charge is -2.11. The van der Waals surface area contributed by atoms with E-state index in [9.17, 15) is 14.0 Å². The molecule has 2 aromatic carbocycles. The number of carbonyl (C=O) groups is 1. The van der Waals surface area contributed by atoms with Gasteiger partial charge in [-0.05, 0) is 71.8 Å². The maximum Gasteiger partial charge on any atom is 0.253 e. The highest BCUT2D eigenvalue weighted by Gasteiger charge is 2.11. The van der Waals surface area contributed by atoms with Gasteiger partial charge in [0.15, 0.2) is 0 Å². The van der Waals surface area contributed by atoms with Gasteiger partial charge < -0.3 is 9.88 Å². The van der Waals surface area contributed by atoms with Crippen LogP contribution in [0.4, 0.5) is 4.39 Å². The second-order valence-corrected chi connectivity index (χ2v) is 8.92. The van der Waals surface area contributed by atoms with Crippen LogP contribution < -0.4 is 10.9 Å². The van der Waals surface area contributed by atoms with Gasteiger partial charge in [-0.3, -0.25) is 14.6 Å². The van der Waals surface area contributed by atoms with Crippen molar-refractivity contribution >= 4 is 12.0 Å². The summed E-state index contributed by atoms with van der Waals surface area (Å²) in [6.07, 6.45) is 10.2. The van der Waals surface area contributed by atoms with Crippen LogP contribution in [0.3, 0.4) is 0 Å². The van der Waals surface area contributed by atoms with Crippen molar-refractivity contribution in [3.05, 3.63) is 140 Å². The molecule has 37 heavy (non-hydrogen) atoms. The summed E-state index contributed by atoms with van der Waals surface area (Å²) < 4.78 is 16.2. The van der Waals surface area contributed by atoms with Crippen molar-refractivity contribution in [1.82, 2.24) is 14.9 Å². The predicted octanol–water partition coefficient (Wildman–Crippen LogP) is 5.55. The van der Waals surface area contributed by atoms with Crippen molar-refractivity contribution in [3.8, 4) is 0 Å². The van der Waals surface area contributed by atoms with Crippen LogP contribution in [-0.2, 0) is 25.9 Å². The smallest absolute Gasteiger partial charge is 0.253 e. The molecule has 1 amide bonds. The number of aryl methyl sites for hydroxylation is 1. The van der Waals surface area contributed by atoms with E-state index >= 15 is 0 Å². The molecule has 0 aliphatic heterocycles. The minimum atomic E-state index is -0.321. The van der Waals surface area contributed by atoms with Crippen molar-refractivity contribution in [2.75, 3.05) is 0 Å². The number of aromatic nitrogens is 2. The molecule has 0 bridgehead atoms. The summed E-state index contributed by atoms with van der Waals surface area (Å²) in [5.41, 5.74) is 5.72. The number of hydrogen-bond acceptors (Lipinski definition) is 3. The molecule has 0 radical (unpaired) electrons. The molecule has 4 rings (SSSR count). The van der Waals surface area contributed by atoms with E-state index in [-0.39, 0.29) is 23.8 Å². The van der Waals surface area contributed by atoms with Crippen LogP contribution in [-0.4, -0.2) is 15.5 Å². The number of amides is 1. The first kappa shape index (κ1) is 25.8. The van der Waals surface area contributed by atoms with Gasteiger partial charge in [0.2, 0.25) is 0 Å². The molecule has 0 saturated carbocycles. The average molecular weight is 496 g/mol. The minimum absolute atomic E-state index is 0.0355. The Hall–Kier alpha value is -4.32. The second-order valence-electron chi connectivity index (χ2n) is 8.92. The Morgan fingerprint density at radius 1 is 1.00 bits per heavy atom. The summed E-state index contributed by atoms with van der Waals surface area (Å²) in [6, 6.07) is 18.3. The number of nitrogens with one attached hydrogen (secondary N) is 1. The third kappa shape index (κ3) is 6.67. The Balaban J connectivity index is 1.40. The van der Waals surface area contributed by atoms with Crippen molar-refractivity contribution in [2.24, 2.45) is 0 Å². The van der Waals surface area contributed by atoms with E-state index in [1.807, 2.05) is 62.4 Å². The van der Waals surface area contributed by atoms with Gasteiger partial charge in [0.25, 0.3) is 11.5 Å². The number of pyridine rings is 2. The molecule has 0 unspecified atom stereocenters. The number of hydrogen-bond donors (Lipinski definition) is 1. The lowest BCUT2D eigenvalue weighted by Crippen LogP contribution is -2.23. The number of nitrogens with zero attached hydrogens (tertiary/aromatic N) is 2. The fourth-order valence-corrected chi connectivity index (χ4v) is 4.23. The molecule has 4 aromatic rings. The monoisotopic (exact) mass is 495 g/mol. The molecule has 0 spiro atoms. The van der Waals surface area contributed by atoms with Gasteiger partial charge in [0, 0.05) is 36.8 Å². The number of carbonyl (C=O) groups excluding carboxylic acids is 1. The number of benzene rings is 2. The van der Waals surface area contributed by atoms with Gasteiger partial charge in [-0.2, -0.15) is 0 Å². The van der Waals surface area contributed by atoms with E-state index in [1.165, 1.54) is 6.20 Å². The summed E-state index contributed by atoms with van der Waals surface area (Å²) >= 11 is 0. The number of allylic oxidation sites excluding steroid dienone is 1. The molecule has 5 nitrogen and oxygen atoms in total. The maximum absolute atomic E-state index is 14.6. The van der Waals surface area contributed by atoms with Gasteiger partial charge in [-0.15, -0.1) is 0 Å². The fraction of sp³-hybridized carbons (Fsp3) is 0.194. The van der Waals surface area contributed by atoms with Gasteiger partial charge in [-0.1, -0.05) is 49.4 Å². The number of rotatable bonds is 9. The van der Waals surface area contributed by atoms with Crippen molar-refractivity contribution in [1.29, 1.82) is 0 Å². The summed E-state index contributed by atoms with van der Waals surface area (Å²) in [7, 11) is 0. The molecule has 0 atom stereocenters. The zero-order chi connectivity index (χ0) is 26.2. The predicted molar refractivity (Wildman–Crippen MR) is 145 cm³/mol. The van der Waals surface area contributed by atoms with E-state index in [0.29, 0.717) is 24.1 Å². The highest BCUT2D eigenvalue weighted by Crippen LogP contribution is 2.19. The van der Waals surface area contributed by atoms with Crippen molar-refractivity contribution in [2.45, 2.75) is 39.8 Å². The van der Waals surface area contributed by atoms with Gasteiger partial charge in [-0.25, -0.2) is 4.39 Å². The van der Waals surface area contributed by atoms with E-state index < -0.39 is 0 Å². The third-order valence-corrected chi connectivity index (χ3v) is 6.21. The third-order valence-electron chi connectivity index (χ3n) is 6.21. The minimum Gasteiger partial charge on any atom is -0.348 e. The largest absolute Gasteiger partial charge is 0.348 e. The first-order valence-electron chi connectivity index (χ1n) is 12.4. The Labute approximate surface area is 216 Å². The molecule has 0 aliphatic carbocycles. The van der Waals surface area contributed by atoms with Crippen LogP contribution in [0.2, 0.25) is 0 Å². The molecule has 0 saturated heterocycles. The lowest BCUT2D eigenvalue weighted by atomic mass is 10.0. The topological polar surface area (TPSA) is 64.0 Å². The van der Waals surface area contributed by atoms with Crippen LogP contribution in [0, 0.1) is 5.82 Å². The molecular formula is C31H30FN3O2. The average Bonchev–Trinajstić information content (AvgIpc) is 2.91. The fourth-order valence-electron chi connectivity index (χ4n) is 4.23. The van der Waals surface area contributed by atoms with E-state index in [1.54, 1.807) is 41.2 Å². The normalized spacial score (nSPS) is 11.1. The first-order valence-corrected chi connectivity index (χ1v) is 12.4. The van der Waals surface area contributed by atoms with Crippen molar-refractivity contribution in [3.63, 3.8) is 0 Å². The summed E-state index contributed by atoms with van der Waals surface area (Å²) in [6.45, 7) is 4.52. The maximum atomic E-state index is 14.6. The zero-order valence-electron chi connectivity index (χ0n) is 21.1. The SMILES string of the molecule is C/C=C\c1cc(CNC(=O)c2cncc(Cc3ccc(Cn4ccccc4=O)cc3)c2)c(F)cc1CC. The van der Waals surface area contributed by atoms with Crippen LogP contribution in [0.1, 0.15) is 57.6 Å². The van der Waals surface area contributed by atoms with Crippen LogP contribution in [0.5, 0.6) is 0 Å². The standard InChI is InChI=1S/C31H30FN3O2/c1-3-7-26-16-27(29(32)17-25(26)4-2)20-34-31(37)28-15-24(18-33-19-28)14-22-9-11-23(12-10-22)21-35-13-6-5-8-30(35)36/h3,5-13,15-19H,4,14,20-21H2,1-2H3,(H,34,37)/b7-3-. The van der Waals surface area contributed by atoms with Gasteiger partial charge >= 0.3 is 0 Å². The quantitative estimate of drug-likeness (QED) is 0.331. The lowest BCUT2D eigenvalue weighted by molar-refractivity contribution is 0.0950. The van der Waals surface area contributed by atoms with Gasteiger partial charge in [0.05, 0.1) is 12.1 Å². The second kappa shape index (κ2) is 12.1. The summed E-state index contributed by atoms with van der Waals surface area (Å²) in [5.74, 6) is -0.623. The Morgan fingerprint density at radius 3 is 2.51 bits per heavy atom. The van der Waals surface area contributed by atoms with E-state index in [4.69, 9.17) is 0 Å². The molecule has 0 fully saturated rings. The highest BCUT2D eigenvalue weighted by molar-refractivity contribution is 5.94.